The molecule has 2 nitrogen and oxygen atoms in total. The summed E-state index contributed by atoms with van der Waals surface area (Å²) >= 11 is 7.28. The van der Waals surface area contributed by atoms with E-state index in [2.05, 4.69) is 15.9 Å². The van der Waals surface area contributed by atoms with Crippen molar-refractivity contribution in [1.29, 1.82) is 0 Å². The van der Waals surface area contributed by atoms with Crippen LogP contribution in [0.25, 0.3) is 0 Å². The van der Waals surface area contributed by atoms with Gasteiger partial charge < -0.3 is 9.84 Å². The summed E-state index contributed by atoms with van der Waals surface area (Å²) in [4.78, 5) is 0. The van der Waals surface area contributed by atoms with Gasteiger partial charge in [0.15, 0.2) is 0 Å². The minimum atomic E-state index is -0.300. The average molecular weight is 349 g/mol. The highest BCUT2D eigenvalue weighted by Gasteiger charge is 2.23. The van der Waals surface area contributed by atoms with Gasteiger partial charge in [-0.25, -0.2) is 0 Å². The van der Waals surface area contributed by atoms with Crippen LogP contribution in [0.4, 0.5) is 0 Å². The smallest absolute Gasteiger partial charge is 0.122 e. The van der Waals surface area contributed by atoms with E-state index in [1.165, 1.54) is 5.75 Å². The van der Waals surface area contributed by atoms with Crippen LogP contribution in [0.3, 0.4) is 0 Å². The highest BCUT2D eigenvalue weighted by Crippen LogP contribution is 2.30. The van der Waals surface area contributed by atoms with Crippen LogP contribution in [0.15, 0.2) is 22.7 Å². The lowest BCUT2D eigenvalue weighted by atomic mass is 10.1. The SMILES string of the molecule is COc1ccc(Br)cc1CC(O)C1CSCCS1. The van der Waals surface area contributed by atoms with Crippen molar-refractivity contribution in [3.8, 4) is 5.75 Å². The van der Waals surface area contributed by atoms with Gasteiger partial charge in [0.2, 0.25) is 0 Å². The Kier molecular flexibility index (Phi) is 5.73. The Balaban J connectivity index is 2.05. The molecule has 2 atom stereocenters. The Labute approximate surface area is 125 Å². The zero-order valence-electron chi connectivity index (χ0n) is 10.3. The van der Waals surface area contributed by atoms with E-state index in [0.717, 1.165) is 27.3 Å². The molecule has 1 saturated heterocycles. The number of rotatable bonds is 4. The van der Waals surface area contributed by atoms with E-state index in [9.17, 15) is 5.11 Å². The second kappa shape index (κ2) is 7.08. The van der Waals surface area contributed by atoms with Crippen molar-refractivity contribution in [3.05, 3.63) is 28.2 Å². The Morgan fingerprint density at radius 2 is 2.33 bits per heavy atom. The third kappa shape index (κ3) is 3.83. The fourth-order valence-corrected chi connectivity index (χ4v) is 5.17. The Hall–Kier alpha value is 0.160. The van der Waals surface area contributed by atoms with Crippen molar-refractivity contribution in [2.75, 3.05) is 24.4 Å². The van der Waals surface area contributed by atoms with Crippen molar-refractivity contribution in [2.24, 2.45) is 0 Å². The fourth-order valence-electron chi connectivity index (χ4n) is 1.99. The predicted molar refractivity (Wildman–Crippen MR) is 84.0 cm³/mol. The summed E-state index contributed by atoms with van der Waals surface area (Å²) in [6.45, 7) is 0. The molecule has 0 aromatic heterocycles. The number of benzene rings is 1. The quantitative estimate of drug-likeness (QED) is 0.904. The molecule has 0 amide bonds. The first-order chi connectivity index (χ1) is 8.70. The van der Waals surface area contributed by atoms with Gasteiger partial charge in [-0.05, 0) is 23.8 Å². The summed E-state index contributed by atoms with van der Waals surface area (Å²) < 4.78 is 6.37. The van der Waals surface area contributed by atoms with Gasteiger partial charge in [0, 0.05) is 33.4 Å². The van der Waals surface area contributed by atoms with Crippen molar-refractivity contribution in [3.63, 3.8) is 0 Å². The van der Waals surface area contributed by atoms with Gasteiger partial charge in [0.05, 0.1) is 13.2 Å². The first-order valence-corrected chi connectivity index (χ1v) is 8.90. The Morgan fingerprint density at radius 3 is 3.00 bits per heavy atom. The Morgan fingerprint density at radius 1 is 1.50 bits per heavy atom. The summed E-state index contributed by atoms with van der Waals surface area (Å²) in [5, 5.41) is 10.7. The van der Waals surface area contributed by atoms with Gasteiger partial charge in [-0.2, -0.15) is 23.5 Å². The molecule has 1 aliphatic heterocycles. The molecule has 0 aliphatic carbocycles. The summed E-state index contributed by atoms with van der Waals surface area (Å²) in [5.41, 5.74) is 1.07. The first kappa shape index (κ1) is 14.6. The van der Waals surface area contributed by atoms with E-state index >= 15 is 0 Å². The second-order valence-corrected chi connectivity index (χ2v) is 7.62. The first-order valence-electron chi connectivity index (χ1n) is 5.90. The molecule has 1 aliphatic rings. The molecule has 0 saturated carbocycles. The van der Waals surface area contributed by atoms with Gasteiger partial charge in [-0.3, -0.25) is 0 Å². The number of ether oxygens (including phenoxy) is 1. The zero-order chi connectivity index (χ0) is 13.0. The summed E-state index contributed by atoms with van der Waals surface area (Å²) in [6, 6.07) is 5.93. The van der Waals surface area contributed by atoms with E-state index in [-0.39, 0.29) is 6.10 Å². The molecule has 1 aromatic rings. The number of aliphatic hydroxyl groups is 1. The average Bonchev–Trinajstić information content (AvgIpc) is 2.40. The monoisotopic (exact) mass is 348 g/mol. The number of halogens is 1. The second-order valence-electron chi connectivity index (χ2n) is 4.21. The topological polar surface area (TPSA) is 29.5 Å². The molecule has 1 aromatic carbocycles. The number of hydrogen-bond donors (Lipinski definition) is 1. The fraction of sp³-hybridized carbons (Fsp3) is 0.538. The molecule has 5 heteroatoms. The number of methoxy groups -OCH3 is 1. The van der Waals surface area contributed by atoms with Crippen LogP contribution in [0.2, 0.25) is 0 Å². The van der Waals surface area contributed by atoms with E-state index < -0.39 is 0 Å². The van der Waals surface area contributed by atoms with Crippen molar-refractivity contribution in [1.82, 2.24) is 0 Å². The molecule has 18 heavy (non-hydrogen) atoms. The number of aliphatic hydroxyl groups excluding tert-OH is 1. The minimum Gasteiger partial charge on any atom is -0.496 e. The minimum absolute atomic E-state index is 0.300. The third-order valence-corrected chi connectivity index (χ3v) is 6.34. The third-order valence-electron chi connectivity index (χ3n) is 2.94. The predicted octanol–water partition coefficient (Wildman–Crippen LogP) is 3.21. The van der Waals surface area contributed by atoms with Gasteiger partial charge in [-0.15, -0.1) is 0 Å². The molecule has 2 rings (SSSR count). The summed E-state index contributed by atoms with van der Waals surface area (Å²) in [6.07, 6.45) is 0.354. The van der Waals surface area contributed by atoms with E-state index in [1.54, 1.807) is 7.11 Å². The van der Waals surface area contributed by atoms with Crippen molar-refractivity contribution >= 4 is 39.5 Å². The molecule has 0 spiro atoms. The van der Waals surface area contributed by atoms with Gasteiger partial charge in [0.25, 0.3) is 0 Å². The largest absolute Gasteiger partial charge is 0.496 e. The van der Waals surface area contributed by atoms with Crippen LogP contribution in [0, 0.1) is 0 Å². The molecule has 1 heterocycles. The van der Waals surface area contributed by atoms with Gasteiger partial charge in [0.1, 0.15) is 5.75 Å². The van der Waals surface area contributed by atoms with Crippen LogP contribution in [0.1, 0.15) is 5.56 Å². The molecule has 1 fully saturated rings. The maximum Gasteiger partial charge on any atom is 0.122 e. The van der Waals surface area contributed by atoms with Crippen molar-refractivity contribution in [2.45, 2.75) is 17.8 Å². The van der Waals surface area contributed by atoms with Gasteiger partial charge >= 0.3 is 0 Å². The normalized spacial score (nSPS) is 21.6. The lowest BCUT2D eigenvalue weighted by Gasteiger charge is -2.26. The van der Waals surface area contributed by atoms with Crippen LogP contribution in [-0.2, 0) is 6.42 Å². The van der Waals surface area contributed by atoms with Crippen LogP contribution >= 0.6 is 39.5 Å². The standard InChI is InChI=1S/C13H17BrO2S2/c1-16-12-3-2-10(14)6-9(12)7-11(15)13-8-17-4-5-18-13/h2-3,6,11,13,15H,4-5,7-8H2,1H3. The van der Waals surface area contributed by atoms with Gasteiger partial charge in [-0.1, -0.05) is 15.9 Å². The molecule has 100 valence electrons. The number of hydrogen-bond acceptors (Lipinski definition) is 4. The molecule has 0 radical (unpaired) electrons. The highest BCUT2D eigenvalue weighted by atomic mass is 79.9. The lowest BCUT2D eigenvalue weighted by Crippen LogP contribution is -2.30. The Bertz CT molecular complexity index is 395. The van der Waals surface area contributed by atoms with Crippen LogP contribution < -0.4 is 4.74 Å². The van der Waals surface area contributed by atoms with E-state index in [0.29, 0.717) is 11.7 Å². The molecular weight excluding hydrogens is 332 g/mol. The molecule has 1 N–H and O–H groups in total. The number of thioether (sulfide) groups is 2. The zero-order valence-corrected chi connectivity index (χ0v) is 13.5. The van der Waals surface area contributed by atoms with E-state index in [4.69, 9.17) is 4.74 Å². The maximum atomic E-state index is 10.3. The summed E-state index contributed by atoms with van der Waals surface area (Å²) in [5.74, 6) is 4.24. The summed E-state index contributed by atoms with van der Waals surface area (Å²) in [7, 11) is 1.67. The molecule has 0 bridgehead atoms. The molecule has 2 unspecified atom stereocenters. The van der Waals surface area contributed by atoms with Crippen LogP contribution in [0.5, 0.6) is 5.75 Å². The van der Waals surface area contributed by atoms with Crippen LogP contribution in [-0.4, -0.2) is 40.8 Å². The lowest BCUT2D eigenvalue weighted by molar-refractivity contribution is 0.176. The van der Waals surface area contributed by atoms with Crippen molar-refractivity contribution < 1.29 is 9.84 Å². The van der Waals surface area contributed by atoms with E-state index in [1.807, 2.05) is 41.7 Å². The highest BCUT2D eigenvalue weighted by molar-refractivity contribution is 9.10. The maximum absolute atomic E-state index is 10.3. The molecular formula is C13H17BrO2S2.